The van der Waals surface area contributed by atoms with Gasteiger partial charge in [0.15, 0.2) is 0 Å². The number of aryl methyl sites for hydroxylation is 1. The van der Waals surface area contributed by atoms with Crippen LogP contribution in [-0.2, 0) is 11.3 Å². The number of benzene rings is 1. The molecule has 1 unspecified atom stereocenters. The summed E-state index contributed by atoms with van der Waals surface area (Å²) < 4.78 is 1.78. The molecule has 1 aromatic heterocycles. The summed E-state index contributed by atoms with van der Waals surface area (Å²) in [5.41, 5.74) is 2.71. The summed E-state index contributed by atoms with van der Waals surface area (Å²) in [6.07, 6.45) is 3.83. The van der Waals surface area contributed by atoms with Crippen LogP contribution in [0.3, 0.4) is 0 Å². The molecule has 0 aliphatic rings. The molecule has 106 valence electrons. The Morgan fingerprint density at radius 1 is 1.35 bits per heavy atom. The van der Waals surface area contributed by atoms with Crippen molar-refractivity contribution in [1.29, 1.82) is 0 Å². The van der Waals surface area contributed by atoms with E-state index in [4.69, 9.17) is 0 Å². The van der Waals surface area contributed by atoms with Gasteiger partial charge in [-0.2, -0.15) is 0 Å². The van der Waals surface area contributed by atoms with Gasteiger partial charge in [0.2, 0.25) is 5.91 Å². The molecular weight excluding hydrogens is 252 g/mol. The van der Waals surface area contributed by atoms with Crippen molar-refractivity contribution < 1.29 is 9.90 Å². The topological polar surface area (TPSA) is 54.3 Å². The highest BCUT2D eigenvalue weighted by molar-refractivity contribution is 5.91. The Morgan fingerprint density at radius 2 is 2.10 bits per heavy atom. The molecule has 1 atom stereocenters. The number of aliphatic hydroxyl groups is 1. The van der Waals surface area contributed by atoms with E-state index in [1.165, 1.54) is 0 Å². The van der Waals surface area contributed by atoms with Crippen molar-refractivity contribution in [2.24, 2.45) is 0 Å². The lowest BCUT2D eigenvalue weighted by Crippen LogP contribution is -2.18. The van der Waals surface area contributed by atoms with E-state index in [0.717, 1.165) is 16.8 Å². The van der Waals surface area contributed by atoms with Crippen molar-refractivity contribution in [2.75, 3.05) is 5.32 Å². The minimum absolute atomic E-state index is 0.0764. The smallest absolute Gasteiger partial charge is 0.244 e. The Kier molecular flexibility index (Phi) is 4.58. The second-order valence-corrected chi connectivity index (χ2v) is 4.90. The van der Waals surface area contributed by atoms with Gasteiger partial charge in [-0.15, -0.1) is 0 Å². The molecule has 0 saturated carbocycles. The molecule has 0 saturated heterocycles. The fraction of sp³-hybridized carbons (Fsp3) is 0.312. The SMILES string of the molecule is CCC(O)c1ccn(CC(=O)Nc2ccccc2C)c1. The number of carbonyl (C=O) groups excluding carboxylic acids is 1. The van der Waals surface area contributed by atoms with Crippen LogP contribution in [0.1, 0.15) is 30.6 Å². The van der Waals surface area contributed by atoms with E-state index < -0.39 is 6.10 Å². The summed E-state index contributed by atoms with van der Waals surface area (Å²) in [5, 5.41) is 12.6. The maximum atomic E-state index is 12.0. The fourth-order valence-corrected chi connectivity index (χ4v) is 2.06. The first-order valence-corrected chi connectivity index (χ1v) is 6.79. The fourth-order valence-electron chi connectivity index (χ4n) is 2.06. The van der Waals surface area contributed by atoms with E-state index in [1.807, 2.05) is 56.6 Å². The molecule has 4 heteroatoms. The first-order valence-electron chi connectivity index (χ1n) is 6.79. The first kappa shape index (κ1) is 14.3. The van der Waals surface area contributed by atoms with Gasteiger partial charge >= 0.3 is 0 Å². The average molecular weight is 272 g/mol. The van der Waals surface area contributed by atoms with Crippen LogP contribution in [0.5, 0.6) is 0 Å². The van der Waals surface area contributed by atoms with E-state index in [1.54, 1.807) is 4.57 Å². The number of carbonyl (C=O) groups is 1. The summed E-state index contributed by atoms with van der Waals surface area (Å²) in [6.45, 7) is 4.12. The molecule has 2 N–H and O–H groups in total. The molecule has 0 aliphatic carbocycles. The maximum Gasteiger partial charge on any atom is 0.244 e. The van der Waals surface area contributed by atoms with Crippen molar-refractivity contribution in [3.63, 3.8) is 0 Å². The van der Waals surface area contributed by atoms with Gasteiger partial charge < -0.3 is 15.0 Å². The first-order chi connectivity index (χ1) is 9.60. The quantitative estimate of drug-likeness (QED) is 0.879. The highest BCUT2D eigenvalue weighted by atomic mass is 16.3. The van der Waals surface area contributed by atoms with E-state index in [-0.39, 0.29) is 12.5 Å². The van der Waals surface area contributed by atoms with E-state index in [0.29, 0.717) is 6.42 Å². The van der Waals surface area contributed by atoms with Gasteiger partial charge in [-0.1, -0.05) is 25.1 Å². The summed E-state index contributed by atoms with van der Waals surface area (Å²) in [7, 11) is 0. The lowest BCUT2D eigenvalue weighted by Gasteiger charge is -2.09. The number of nitrogens with zero attached hydrogens (tertiary/aromatic N) is 1. The summed E-state index contributed by atoms with van der Waals surface area (Å²) >= 11 is 0. The molecule has 1 heterocycles. The zero-order valence-corrected chi connectivity index (χ0v) is 11.8. The number of aromatic nitrogens is 1. The van der Waals surface area contributed by atoms with Crippen LogP contribution < -0.4 is 5.32 Å². The minimum Gasteiger partial charge on any atom is -0.388 e. The van der Waals surface area contributed by atoms with Gasteiger partial charge in [-0.3, -0.25) is 4.79 Å². The molecule has 20 heavy (non-hydrogen) atoms. The molecule has 2 rings (SSSR count). The van der Waals surface area contributed by atoms with Gasteiger partial charge in [0.1, 0.15) is 6.54 Å². The predicted octanol–water partition coefficient (Wildman–Crippen LogP) is 2.88. The minimum atomic E-state index is -0.462. The molecule has 0 aliphatic heterocycles. The monoisotopic (exact) mass is 272 g/mol. The zero-order chi connectivity index (χ0) is 14.5. The van der Waals surface area contributed by atoms with Crippen LogP contribution in [0, 0.1) is 6.92 Å². The number of nitrogens with one attached hydrogen (secondary N) is 1. The number of amides is 1. The van der Waals surface area contributed by atoms with E-state index in [2.05, 4.69) is 5.32 Å². The third-order valence-corrected chi connectivity index (χ3v) is 3.29. The van der Waals surface area contributed by atoms with Gasteiger partial charge in [0, 0.05) is 18.1 Å². The second-order valence-electron chi connectivity index (χ2n) is 4.90. The molecular formula is C16H20N2O2. The predicted molar refractivity (Wildman–Crippen MR) is 79.5 cm³/mol. The largest absolute Gasteiger partial charge is 0.388 e. The standard InChI is InChI=1S/C16H20N2O2/c1-3-15(19)13-8-9-18(10-13)11-16(20)17-14-7-5-4-6-12(14)2/h4-10,15,19H,3,11H2,1-2H3,(H,17,20). The molecule has 0 bridgehead atoms. The summed E-state index contributed by atoms with van der Waals surface area (Å²) in [5.74, 6) is -0.0764. The Bertz CT molecular complexity index is 590. The van der Waals surface area contributed by atoms with Crippen LogP contribution in [0.2, 0.25) is 0 Å². The van der Waals surface area contributed by atoms with Crippen molar-refractivity contribution in [2.45, 2.75) is 32.9 Å². The Hall–Kier alpha value is -2.07. The van der Waals surface area contributed by atoms with E-state index >= 15 is 0 Å². The van der Waals surface area contributed by atoms with Crippen molar-refractivity contribution in [1.82, 2.24) is 4.57 Å². The van der Waals surface area contributed by atoms with Gasteiger partial charge in [-0.25, -0.2) is 0 Å². The summed E-state index contributed by atoms with van der Waals surface area (Å²) in [6, 6.07) is 9.52. The third kappa shape index (κ3) is 3.48. The lowest BCUT2D eigenvalue weighted by atomic mass is 10.1. The second kappa shape index (κ2) is 6.39. The van der Waals surface area contributed by atoms with Crippen LogP contribution in [0.4, 0.5) is 5.69 Å². The number of hydrogen-bond donors (Lipinski definition) is 2. The maximum absolute atomic E-state index is 12.0. The Labute approximate surface area is 119 Å². The van der Waals surface area contributed by atoms with Gasteiger partial charge in [0.05, 0.1) is 6.10 Å². The van der Waals surface area contributed by atoms with Crippen molar-refractivity contribution >= 4 is 11.6 Å². The number of para-hydroxylation sites is 1. The lowest BCUT2D eigenvalue weighted by molar-refractivity contribution is -0.116. The molecule has 0 fully saturated rings. The highest BCUT2D eigenvalue weighted by Crippen LogP contribution is 2.17. The molecule has 0 spiro atoms. The average Bonchev–Trinajstić information content (AvgIpc) is 2.89. The number of anilines is 1. The molecule has 2 aromatic rings. The zero-order valence-electron chi connectivity index (χ0n) is 11.8. The summed E-state index contributed by atoms with van der Waals surface area (Å²) in [4.78, 5) is 12.0. The highest BCUT2D eigenvalue weighted by Gasteiger charge is 2.09. The van der Waals surface area contributed by atoms with Crippen LogP contribution >= 0.6 is 0 Å². The third-order valence-electron chi connectivity index (χ3n) is 3.29. The van der Waals surface area contributed by atoms with Gasteiger partial charge in [-0.05, 0) is 36.6 Å². The van der Waals surface area contributed by atoms with Crippen LogP contribution in [0.25, 0.3) is 0 Å². The van der Waals surface area contributed by atoms with Crippen molar-refractivity contribution in [3.8, 4) is 0 Å². The number of aliphatic hydroxyl groups excluding tert-OH is 1. The van der Waals surface area contributed by atoms with Crippen LogP contribution in [-0.4, -0.2) is 15.6 Å². The molecule has 1 amide bonds. The Balaban J connectivity index is 1.98. The number of rotatable bonds is 5. The van der Waals surface area contributed by atoms with Gasteiger partial charge in [0.25, 0.3) is 0 Å². The Morgan fingerprint density at radius 3 is 2.80 bits per heavy atom. The van der Waals surface area contributed by atoms with E-state index in [9.17, 15) is 9.90 Å². The molecule has 0 radical (unpaired) electrons. The molecule has 4 nitrogen and oxygen atoms in total. The number of hydrogen-bond acceptors (Lipinski definition) is 2. The van der Waals surface area contributed by atoms with Crippen molar-refractivity contribution in [3.05, 3.63) is 53.9 Å². The molecule has 1 aromatic carbocycles. The normalized spacial score (nSPS) is 12.2. The van der Waals surface area contributed by atoms with Crippen LogP contribution in [0.15, 0.2) is 42.7 Å².